The van der Waals surface area contributed by atoms with Gasteiger partial charge in [-0.2, -0.15) is 0 Å². The summed E-state index contributed by atoms with van der Waals surface area (Å²) in [5.74, 6) is -0.0848. The minimum atomic E-state index is -0.0848. The number of hydrogen-bond acceptors (Lipinski definition) is 5. The lowest BCUT2D eigenvalue weighted by Crippen LogP contribution is -2.30. The Bertz CT molecular complexity index is 874. The Morgan fingerprint density at radius 3 is 2.76 bits per heavy atom. The number of likely N-dealkylation sites (tertiary alicyclic amines) is 1. The molecule has 7 nitrogen and oxygen atoms in total. The lowest BCUT2D eigenvalue weighted by molar-refractivity contribution is 0.0780. The van der Waals surface area contributed by atoms with Gasteiger partial charge in [0.1, 0.15) is 11.4 Å². The van der Waals surface area contributed by atoms with E-state index in [4.69, 9.17) is 0 Å². The van der Waals surface area contributed by atoms with Crippen molar-refractivity contribution < 1.29 is 4.79 Å². The van der Waals surface area contributed by atoms with Crippen LogP contribution in [0.25, 0.3) is 11.3 Å². The number of carbonyl (C=O) groups excluding carboxylic acids is 1. The van der Waals surface area contributed by atoms with Crippen LogP contribution in [0, 0.1) is 6.92 Å². The Morgan fingerprint density at radius 2 is 2.00 bits per heavy atom. The van der Waals surface area contributed by atoms with E-state index in [-0.39, 0.29) is 11.9 Å². The number of carbonyl (C=O) groups is 1. The van der Waals surface area contributed by atoms with Gasteiger partial charge in [-0.3, -0.25) is 9.78 Å². The summed E-state index contributed by atoms with van der Waals surface area (Å²) in [6.45, 7) is 3.13. The standard InChI is InChI=1S/C18H18N6O/c1-13-9-20-16(10-19-13)18(25)23-8-7-15(11-23)24-12-17(21-22-24)14-5-3-2-4-6-14/h2-6,9-10,12,15H,7-8,11H2,1H3/t15-/m0/s1. The van der Waals surface area contributed by atoms with Crippen molar-refractivity contribution in [2.45, 2.75) is 19.4 Å². The third-order valence-corrected chi connectivity index (χ3v) is 4.40. The summed E-state index contributed by atoms with van der Waals surface area (Å²) >= 11 is 0. The van der Waals surface area contributed by atoms with Gasteiger partial charge in [0.2, 0.25) is 0 Å². The van der Waals surface area contributed by atoms with Crippen LogP contribution in [0.2, 0.25) is 0 Å². The summed E-state index contributed by atoms with van der Waals surface area (Å²) < 4.78 is 1.86. The maximum Gasteiger partial charge on any atom is 0.274 e. The van der Waals surface area contributed by atoms with E-state index in [0.29, 0.717) is 18.8 Å². The summed E-state index contributed by atoms with van der Waals surface area (Å²) in [7, 11) is 0. The molecule has 25 heavy (non-hydrogen) atoms. The van der Waals surface area contributed by atoms with Crippen LogP contribution in [0.1, 0.15) is 28.6 Å². The molecular weight excluding hydrogens is 316 g/mol. The Balaban J connectivity index is 1.47. The lowest BCUT2D eigenvalue weighted by atomic mass is 10.2. The first-order valence-electron chi connectivity index (χ1n) is 8.26. The van der Waals surface area contributed by atoms with Crippen LogP contribution in [0.3, 0.4) is 0 Å². The minimum absolute atomic E-state index is 0.0848. The van der Waals surface area contributed by atoms with Crippen molar-refractivity contribution in [2.24, 2.45) is 0 Å². The van der Waals surface area contributed by atoms with Crippen molar-refractivity contribution in [3.8, 4) is 11.3 Å². The van der Waals surface area contributed by atoms with Crippen molar-refractivity contribution in [3.05, 3.63) is 60.3 Å². The molecule has 0 aliphatic carbocycles. The molecule has 1 saturated heterocycles. The van der Waals surface area contributed by atoms with Gasteiger partial charge in [0.15, 0.2) is 0 Å². The molecule has 126 valence electrons. The molecule has 1 aliphatic rings. The highest BCUT2D eigenvalue weighted by Gasteiger charge is 2.29. The molecule has 1 aromatic carbocycles. The predicted octanol–water partition coefficient (Wildman–Crippen LogP) is 2.13. The normalized spacial score (nSPS) is 17.0. The van der Waals surface area contributed by atoms with E-state index < -0.39 is 0 Å². The number of amides is 1. The van der Waals surface area contributed by atoms with E-state index in [2.05, 4.69) is 20.3 Å². The number of hydrogen-bond donors (Lipinski definition) is 0. The molecule has 0 spiro atoms. The molecule has 7 heteroatoms. The van der Waals surface area contributed by atoms with Crippen molar-refractivity contribution >= 4 is 5.91 Å². The van der Waals surface area contributed by atoms with Gasteiger partial charge in [0.25, 0.3) is 5.91 Å². The molecule has 2 aromatic heterocycles. The lowest BCUT2D eigenvalue weighted by Gasteiger charge is -2.15. The maximum absolute atomic E-state index is 12.5. The Kier molecular flexibility index (Phi) is 3.97. The zero-order chi connectivity index (χ0) is 17.2. The van der Waals surface area contributed by atoms with Gasteiger partial charge in [-0.15, -0.1) is 5.10 Å². The van der Waals surface area contributed by atoms with Crippen LogP contribution in [0.4, 0.5) is 0 Å². The Morgan fingerprint density at radius 1 is 1.16 bits per heavy atom. The van der Waals surface area contributed by atoms with E-state index in [1.165, 1.54) is 6.20 Å². The first kappa shape index (κ1) is 15.4. The zero-order valence-corrected chi connectivity index (χ0v) is 13.9. The predicted molar refractivity (Wildman–Crippen MR) is 91.8 cm³/mol. The fraction of sp³-hybridized carbons (Fsp3) is 0.278. The first-order chi connectivity index (χ1) is 12.2. The second-order valence-corrected chi connectivity index (χ2v) is 6.19. The number of benzene rings is 1. The van der Waals surface area contributed by atoms with Gasteiger partial charge in [-0.25, -0.2) is 9.67 Å². The molecule has 1 amide bonds. The molecule has 1 atom stereocenters. The number of nitrogens with zero attached hydrogens (tertiary/aromatic N) is 6. The van der Waals surface area contributed by atoms with Gasteiger partial charge >= 0.3 is 0 Å². The van der Waals surface area contributed by atoms with Crippen LogP contribution in [0.15, 0.2) is 48.9 Å². The first-order valence-corrected chi connectivity index (χ1v) is 8.26. The van der Waals surface area contributed by atoms with Crippen molar-refractivity contribution in [3.63, 3.8) is 0 Å². The minimum Gasteiger partial charge on any atom is -0.335 e. The molecule has 0 bridgehead atoms. The Labute approximate surface area is 145 Å². The molecule has 0 radical (unpaired) electrons. The second-order valence-electron chi connectivity index (χ2n) is 6.19. The van der Waals surface area contributed by atoms with Crippen LogP contribution >= 0.6 is 0 Å². The van der Waals surface area contributed by atoms with Crippen LogP contribution in [0.5, 0.6) is 0 Å². The molecule has 1 aliphatic heterocycles. The number of aryl methyl sites for hydroxylation is 1. The highest BCUT2D eigenvalue weighted by atomic mass is 16.2. The highest BCUT2D eigenvalue weighted by molar-refractivity contribution is 5.92. The number of rotatable bonds is 3. The van der Waals surface area contributed by atoms with Crippen LogP contribution in [-0.4, -0.2) is 48.9 Å². The number of aromatic nitrogens is 5. The highest BCUT2D eigenvalue weighted by Crippen LogP contribution is 2.24. The average molecular weight is 334 g/mol. The van der Waals surface area contributed by atoms with Crippen LogP contribution in [-0.2, 0) is 0 Å². The van der Waals surface area contributed by atoms with Gasteiger partial charge in [-0.05, 0) is 13.3 Å². The summed E-state index contributed by atoms with van der Waals surface area (Å²) in [4.78, 5) is 22.7. The fourth-order valence-electron chi connectivity index (χ4n) is 3.00. The van der Waals surface area contributed by atoms with Gasteiger partial charge in [0, 0.05) is 24.8 Å². The molecule has 4 rings (SSSR count). The molecule has 0 saturated carbocycles. The summed E-state index contributed by atoms with van der Waals surface area (Å²) in [5, 5.41) is 8.51. The summed E-state index contributed by atoms with van der Waals surface area (Å²) in [5.41, 5.74) is 3.06. The van der Waals surface area contributed by atoms with Crippen molar-refractivity contribution in [2.75, 3.05) is 13.1 Å². The van der Waals surface area contributed by atoms with Crippen molar-refractivity contribution in [1.82, 2.24) is 29.9 Å². The molecule has 1 fully saturated rings. The van der Waals surface area contributed by atoms with Gasteiger partial charge < -0.3 is 4.90 Å². The van der Waals surface area contributed by atoms with E-state index in [1.807, 2.05) is 48.1 Å². The quantitative estimate of drug-likeness (QED) is 0.733. The maximum atomic E-state index is 12.5. The fourth-order valence-corrected chi connectivity index (χ4v) is 3.00. The smallest absolute Gasteiger partial charge is 0.274 e. The van der Waals surface area contributed by atoms with E-state index in [9.17, 15) is 4.79 Å². The molecule has 3 heterocycles. The van der Waals surface area contributed by atoms with Gasteiger partial charge in [0.05, 0.1) is 24.1 Å². The largest absolute Gasteiger partial charge is 0.335 e. The topological polar surface area (TPSA) is 76.8 Å². The van der Waals surface area contributed by atoms with E-state index in [0.717, 1.165) is 23.4 Å². The van der Waals surface area contributed by atoms with Crippen LogP contribution < -0.4 is 0 Å². The molecule has 3 aromatic rings. The second kappa shape index (κ2) is 6.43. The van der Waals surface area contributed by atoms with E-state index in [1.54, 1.807) is 11.1 Å². The monoisotopic (exact) mass is 334 g/mol. The average Bonchev–Trinajstić information content (AvgIpc) is 3.32. The Hall–Kier alpha value is -3.09. The van der Waals surface area contributed by atoms with E-state index >= 15 is 0 Å². The molecule has 0 N–H and O–H groups in total. The summed E-state index contributed by atoms with van der Waals surface area (Å²) in [6.07, 6.45) is 5.95. The molecular formula is C18H18N6O. The van der Waals surface area contributed by atoms with Crippen molar-refractivity contribution in [1.29, 1.82) is 0 Å². The SMILES string of the molecule is Cc1cnc(C(=O)N2CC[C@H](n3cc(-c4ccccc4)nn3)C2)cn1. The molecule has 0 unspecified atom stereocenters. The van der Waals surface area contributed by atoms with Gasteiger partial charge in [-0.1, -0.05) is 35.5 Å². The third kappa shape index (κ3) is 3.13. The third-order valence-electron chi connectivity index (χ3n) is 4.40. The summed E-state index contributed by atoms with van der Waals surface area (Å²) in [6, 6.07) is 10.1. The zero-order valence-electron chi connectivity index (χ0n) is 13.9.